The van der Waals surface area contributed by atoms with Crippen LogP contribution in [-0.4, -0.2) is 12.6 Å². The maximum absolute atomic E-state index is 11.5. The van der Waals surface area contributed by atoms with E-state index < -0.39 is 0 Å². The first kappa shape index (κ1) is 15.0. The minimum atomic E-state index is -0.211. The van der Waals surface area contributed by atoms with Crippen LogP contribution in [-0.2, 0) is 9.53 Å². The van der Waals surface area contributed by atoms with Gasteiger partial charge in [0.2, 0.25) is 0 Å². The van der Waals surface area contributed by atoms with Crippen LogP contribution in [0.15, 0.2) is 23.8 Å². The summed E-state index contributed by atoms with van der Waals surface area (Å²) in [6, 6.07) is 0. The molecule has 18 heavy (non-hydrogen) atoms. The van der Waals surface area contributed by atoms with Crippen molar-refractivity contribution < 1.29 is 9.53 Å². The molecule has 102 valence electrons. The summed E-state index contributed by atoms with van der Waals surface area (Å²) >= 11 is 0. The standard InChI is InChI=1S/C16H26O2/c1-5-6-12-18-15(17)10-9-14-13(2)8-7-11-16(14,3)4/h8-10,14H,5-7,11-12H2,1-4H3. The Morgan fingerprint density at radius 3 is 2.89 bits per heavy atom. The second kappa shape index (κ2) is 6.77. The zero-order valence-electron chi connectivity index (χ0n) is 12.2. The molecule has 0 radical (unpaired) electrons. The van der Waals surface area contributed by atoms with Crippen molar-refractivity contribution >= 4 is 5.97 Å². The lowest BCUT2D eigenvalue weighted by molar-refractivity contribution is -0.137. The highest BCUT2D eigenvalue weighted by molar-refractivity contribution is 5.82. The molecule has 0 heterocycles. The summed E-state index contributed by atoms with van der Waals surface area (Å²) in [5.74, 6) is 0.141. The second-order valence-corrected chi connectivity index (χ2v) is 5.83. The molecule has 0 saturated carbocycles. The molecule has 0 aliphatic heterocycles. The third-order valence-corrected chi connectivity index (χ3v) is 3.75. The summed E-state index contributed by atoms with van der Waals surface area (Å²) in [6.45, 7) is 9.30. The summed E-state index contributed by atoms with van der Waals surface area (Å²) in [5.41, 5.74) is 1.60. The van der Waals surface area contributed by atoms with Gasteiger partial charge in [0.15, 0.2) is 0 Å². The van der Waals surface area contributed by atoms with Crippen LogP contribution in [0, 0.1) is 11.3 Å². The van der Waals surface area contributed by atoms with E-state index in [-0.39, 0.29) is 11.4 Å². The lowest BCUT2D eigenvalue weighted by Crippen LogP contribution is -2.26. The van der Waals surface area contributed by atoms with Crippen LogP contribution in [0.5, 0.6) is 0 Å². The smallest absolute Gasteiger partial charge is 0.330 e. The minimum absolute atomic E-state index is 0.211. The first-order valence-electron chi connectivity index (χ1n) is 6.99. The van der Waals surface area contributed by atoms with E-state index in [1.165, 1.54) is 12.0 Å². The Labute approximate surface area is 111 Å². The average Bonchev–Trinajstić information content (AvgIpc) is 2.28. The van der Waals surface area contributed by atoms with Gasteiger partial charge in [-0.1, -0.05) is 44.9 Å². The summed E-state index contributed by atoms with van der Waals surface area (Å²) in [4.78, 5) is 11.5. The van der Waals surface area contributed by atoms with Crippen molar-refractivity contribution in [3.05, 3.63) is 23.8 Å². The second-order valence-electron chi connectivity index (χ2n) is 5.83. The van der Waals surface area contributed by atoms with Crippen molar-refractivity contribution in [3.8, 4) is 0 Å². The minimum Gasteiger partial charge on any atom is -0.463 e. The van der Waals surface area contributed by atoms with Crippen LogP contribution in [0.4, 0.5) is 0 Å². The number of rotatable bonds is 5. The molecule has 0 saturated heterocycles. The van der Waals surface area contributed by atoms with Gasteiger partial charge in [-0.3, -0.25) is 0 Å². The van der Waals surface area contributed by atoms with Gasteiger partial charge < -0.3 is 4.74 Å². The molecular weight excluding hydrogens is 224 g/mol. The van der Waals surface area contributed by atoms with E-state index in [1.54, 1.807) is 6.08 Å². The van der Waals surface area contributed by atoms with E-state index in [9.17, 15) is 4.79 Å². The van der Waals surface area contributed by atoms with Crippen molar-refractivity contribution in [2.45, 2.75) is 53.4 Å². The molecule has 0 bridgehead atoms. The van der Waals surface area contributed by atoms with Gasteiger partial charge >= 0.3 is 5.97 Å². The van der Waals surface area contributed by atoms with Crippen molar-refractivity contribution in [2.24, 2.45) is 11.3 Å². The van der Waals surface area contributed by atoms with Gasteiger partial charge in [0.05, 0.1) is 6.61 Å². The normalized spacial score (nSPS) is 22.9. The van der Waals surface area contributed by atoms with Crippen molar-refractivity contribution in [1.29, 1.82) is 0 Å². The third-order valence-electron chi connectivity index (χ3n) is 3.75. The van der Waals surface area contributed by atoms with Crippen LogP contribution in [0.2, 0.25) is 0 Å². The third kappa shape index (κ3) is 4.32. The van der Waals surface area contributed by atoms with Crippen LogP contribution < -0.4 is 0 Å². The number of ether oxygens (including phenoxy) is 1. The van der Waals surface area contributed by atoms with Gasteiger partial charge in [0.25, 0.3) is 0 Å². The summed E-state index contributed by atoms with van der Waals surface area (Å²) in [7, 11) is 0. The molecule has 2 heteroatoms. The number of allylic oxidation sites excluding steroid dienone is 3. The SMILES string of the molecule is CCCCOC(=O)C=CC1C(C)=CCCC1(C)C. The lowest BCUT2D eigenvalue weighted by Gasteiger charge is -2.36. The van der Waals surface area contributed by atoms with Gasteiger partial charge in [-0.25, -0.2) is 4.79 Å². The fourth-order valence-electron chi connectivity index (χ4n) is 2.52. The van der Waals surface area contributed by atoms with Crippen molar-refractivity contribution in [2.75, 3.05) is 6.61 Å². The van der Waals surface area contributed by atoms with E-state index in [2.05, 4.69) is 33.8 Å². The Hall–Kier alpha value is -1.05. The van der Waals surface area contributed by atoms with E-state index in [0.717, 1.165) is 19.3 Å². The van der Waals surface area contributed by atoms with Crippen molar-refractivity contribution in [1.82, 2.24) is 0 Å². The molecule has 2 nitrogen and oxygen atoms in total. The number of hydrogen-bond acceptors (Lipinski definition) is 2. The summed E-state index contributed by atoms with van der Waals surface area (Å²) in [6.07, 6.45) is 10.2. The number of unbranched alkanes of at least 4 members (excludes halogenated alkanes) is 1. The van der Waals surface area contributed by atoms with Crippen LogP contribution in [0.25, 0.3) is 0 Å². The van der Waals surface area contributed by atoms with Gasteiger partial charge in [-0.2, -0.15) is 0 Å². The van der Waals surface area contributed by atoms with Gasteiger partial charge in [-0.05, 0) is 31.6 Å². The van der Waals surface area contributed by atoms with Gasteiger partial charge in [0, 0.05) is 12.0 Å². The lowest BCUT2D eigenvalue weighted by atomic mass is 9.68. The van der Waals surface area contributed by atoms with E-state index in [4.69, 9.17) is 4.74 Å². The topological polar surface area (TPSA) is 26.3 Å². The fourth-order valence-corrected chi connectivity index (χ4v) is 2.52. The molecule has 1 unspecified atom stereocenters. The molecule has 0 aromatic rings. The first-order valence-corrected chi connectivity index (χ1v) is 6.99. The highest BCUT2D eigenvalue weighted by atomic mass is 16.5. The molecule has 0 aromatic carbocycles. The number of carbonyl (C=O) groups excluding carboxylic acids is 1. The monoisotopic (exact) mass is 250 g/mol. The maximum Gasteiger partial charge on any atom is 0.330 e. The van der Waals surface area contributed by atoms with Crippen LogP contribution in [0.1, 0.15) is 53.4 Å². The van der Waals surface area contributed by atoms with Gasteiger partial charge in [-0.15, -0.1) is 0 Å². The molecule has 1 rings (SSSR count). The van der Waals surface area contributed by atoms with E-state index in [0.29, 0.717) is 12.5 Å². The molecule has 1 atom stereocenters. The summed E-state index contributed by atoms with van der Waals surface area (Å²) < 4.78 is 5.13. The largest absolute Gasteiger partial charge is 0.463 e. The fraction of sp³-hybridized carbons (Fsp3) is 0.688. The number of carbonyl (C=O) groups is 1. The Morgan fingerprint density at radius 1 is 1.56 bits per heavy atom. The maximum atomic E-state index is 11.5. The predicted octanol–water partition coefficient (Wildman–Crippen LogP) is 4.27. The highest BCUT2D eigenvalue weighted by Crippen LogP contribution is 2.41. The van der Waals surface area contributed by atoms with E-state index in [1.807, 2.05) is 6.08 Å². The Kier molecular flexibility index (Phi) is 5.64. The van der Waals surface area contributed by atoms with Gasteiger partial charge in [0.1, 0.15) is 0 Å². The quantitative estimate of drug-likeness (QED) is 0.315. The number of esters is 1. The van der Waals surface area contributed by atoms with Crippen LogP contribution >= 0.6 is 0 Å². The molecule has 0 fully saturated rings. The predicted molar refractivity (Wildman–Crippen MR) is 75.3 cm³/mol. The molecule has 1 aliphatic carbocycles. The summed E-state index contributed by atoms with van der Waals surface area (Å²) in [5, 5.41) is 0. The molecule has 0 amide bonds. The van der Waals surface area contributed by atoms with E-state index >= 15 is 0 Å². The highest BCUT2D eigenvalue weighted by Gasteiger charge is 2.30. The first-order chi connectivity index (χ1) is 8.47. The van der Waals surface area contributed by atoms with Crippen molar-refractivity contribution in [3.63, 3.8) is 0 Å². The molecule has 0 spiro atoms. The Bertz CT molecular complexity index is 337. The molecule has 0 aromatic heterocycles. The Morgan fingerprint density at radius 2 is 2.28 bits per heavy atom. The molecule has 1 aliphatic rings. The average molecular weight is 250 g/mol. The Balaban J connectivity index is 2.56. The van der Waals surface area contributed by atoms with Crippen LogP contribution in [0.3, 0.4) is 0 Å². The zero-order chi connectivity index (χ0) is 13.6. The molecular formula is C16H26O2. The number of hydrogen-bond donors (Lipinski definition) is 0. The zero-order valence-corrected chi connectivity index (χ0v) is 12.2. The molecule has 0 N–H and O–H groups in total.